The van der Waals surface area contributed by atoms with Gasteiger partial charge in [-0.3, -0.25) is 0 Å². The Kier molecular flexibility index (Phi) is 1.92. The molecule has 0 saturated heterocycles. The van der Waals surface area contributed by atoms with Crippen LogP contribution in [-0.2, 0) is 0 Å². The van der Waals surface area contributed by atoms with Crippen molar-refractivity contribution in [2.45, 2.75) is 0 Å². The first-order valence-electron chi connectivity index (χ1n) is 3.56. The van der Waals surface area contributed by atoms with Crippen molar-refractivity contribution in [3.8, 4) is 5.75 Å². The van der Waals surface area contributed by atoms with E-state index < -0.39 is 0 Å². The summed E-state index contributed by atoms with van der Waals surface area (Å²) in [4.78, 5) is 0. The van der Waals surface area contributed by atoms with Crippen molar-refractivity contribution < 1.29 is 5.11 Å². The van der Waals surface area contributed by atoms with Gasteiger partial charge in [0.25, 0.3) is 0 Å². The van der Waals surface area contributed by atoms with Crippen LogP contribution >= 0.6 is 22.6 Å². The topological polar surface area (TPSA) is 20.2 Å². The Morgan fingerprint density at radius 2 is 2.17 bits per heavy atom. The predicted octanol–water partition coefficient (Wildman–Crippen LogP) is 2.95. The lowest BCUT2D eigenvalue weighted by Crippen LogP contribution is -1.76. The molecule has 0 aliphatic heterocycles. The third-order valence-corrected chi connectivity index (χ3v) is 2.61. The molecule has 0 fully saturated rings. The Balaban J connectivity index is 2.86. The highest BCUT2D eigenvalue weighted by atomic mass is 127. The lowest BCUT2D eigenvalue weighted by atomic mass is 10.1. The molecule has 0 unspecified atom stereocenters. The maximum absolute atomic E-state index is 9.19. The van der Waals surface area contributed by atoms with E-state index in [0.29, 0.717) is 0 Å². The fourth-order valence-electron chi connectivity index (χ4n) is 1.16. The fourth-order valence-corrected chi connectivity index (χ4v) is 1.84. The highest BCUT2D eigenvalue weighted by Gasteiger charge is 1.97. The van der Waals surface area contributed by atoms with E-state index in [-0.39, 0.29) is 5.75 Å². The van der Waals surface area contributed by atoms with Crippen molar-refractivity contribution in [3.05, 3.63) is 40.0 Å². The summed E-state index contributed by atoms with van der Waals surface area (Å²) in [6, 6.07) is 12.3. The normalized spacial score (nSPS) is 10.4. The van der Waals surface area contributed by atoms with Gasteiger partial charge in [-0.1, -0.05) is 12.1 Å². The molecule has 2 rings (SSSR count). The van der Waals surface area contributed by atoms with E-state index in [0.717, 1.165) is 14.3 Å². The van der Waals surface area contributed by atoms with E-state index >= 15 is 0 Å². The Labute approximate surface area is 84.2 Å². The van der Waals surface area contributed by atoms with Crippen LogP contribution in [0.2, 0.25) is 0 Å². The van der Waals surface area contributed by atoms with E-state index in [2.05, 4.69) is 28.7 Å². The molecule has 0 amide bonds. The van der Waals surface area contributed by atoms with E-state index in [4.69, 9.17) is 0 Å². The zero-order valence-electron chi connectivity index (χ0n) is 6.21. The van der Waals surface area contributed by atoms with Crippen LogP contribution in [0.15, 0.2) is 30.3 Å². The molecule has 0 aliphatic carbocycles. The molecule has 1 nitrogen and oxygen atoms in total. The van der Waals surface area contributed by atoms with Crippen molar-refractivity contribution in [1.82, 2.24) is 0 Å². The summed E-state index contributed by atoms with van der Waals surface area (Å²) in [5, 5.41) is 11.3. The molecular weight excluding hydrogens is 263 g/mol. The molecule has 1 radical (unpaired) electrons. The van der Waals surface area contributed by atoms with Gasteiger partial charge in [0.1, 0.15) is 5.75 Å². The number of phenols is 1. The summed E-state index contributed by atoms with van der Waals surface area (Å²) in [5.74, 6) is 0.268. The minimum absolute atomic E-state index is 0.268. The van der Waals surface area contributed by atoms with Crippen LogP contribution in [-0.4, -0.2) is 5.11 Å². The summed E-state index contributed by atoms with van der Waals surface area (Å²) < 4.78 is 1.16. The second kappa shape index (κ2) is 2.94. The SMILES string of the molecule is Oc1c[c]c2c(I)cccc2c1. The van der Waals surface area contributed by atoms with E-state index in [9.17, 15) is 5.11 Å². The summed E-state index contributed by atoms with van der Waals surface area (Å²) in [5.41, 5.74) is 0. The van der Waals surface area contributed by atoms with Gasteiger partial charge in [0, 0.05) is 8.96 Å². The van der Waals surface area contributed by atoms with Crippen LogP contribution in [0.4, 0.5) is 0 Å². The third kappa shape index (κ3) is 1.27. The van der Waals surface area contributed by atoms with Gasteiger partial charge < -0.3 is 5.11 Å². The fraction of sp³-hybridized carbons (Fsp3) is 0. The molecule has 0 saturated carbocycles. The minimum Gasteiger partial charge on any atom is -0.508 e. The number of hydrogen-bond donors (Lipinski definition) is 1. The van der Waals surface area contributed by atoms with Gasteiger partial charge in [0.2, 0.25) is 0 Å². The number of halogens is 1. The highest BCUT2D eigenvalue weighted by Crippen LogP contribution is 2.23. The van der Waals surface area contributed by atoms with Gasteiger partial charge in [0.15, 0.2) is 0 Å². The van der Waals surface area contributed by atoms with Crippen LogP contribution in [0.3, 0.4) is 0 Å². The standard InChI is InChI=1S/C10H6IO/c11-10-3-1-2-7-6-8(12)4-5-9(7)10/h1-4,6,12H. The largest absolute Gasteiger partial charge is 0.508 e. The predicted molar refractivity (Wildman–Crippen MR) is 57.2 cm³/mol. The molecule has 2 aromatic rings. The van der Waals surface area contributed by atoms with Crippen molar-refractivity contribution in [2.75, 3.05) is 0 Å². The van der Waals surface area contributed by atoms with Crippen molar-refractivity contribution >= 4 is 33.4 Å². The second-order valence-corrected chi connectivity index (χ2v) is 3.72. The second-order valence-electron chi connectivity index (χ2n) is 2.56. The summed E-state index contributed by atoms with van der Waals surface area (Å²) in [6.07, 6.45) is 0. The van der Waals surface area contributed by atoms with Crippen LogP contribution in [0.25, 0.3) is 10.8 Å². The summed E-state index contributed by atoms with van der Waals surface area (Å²) in [6.45, 7) is 0. The third-order valence-electron chi connectivity index (χ3n) is 1.71. The van der Waals surface area contributed by atoms with Crippen LogP contribution < -0.4 is 0 Å². The molecule has 0 spiro atoms. The van der Waals surface area contributed by atoms with Gasteiger partial charge in [-0.15, -0.1) is 0 Å². The molecule has 12 heavy (non-hydrogen) atoms. The van der Waals surface area contributed by atoms with Crippen molar-refractivity contribution in [1.29, 1.82) is 0 Å². The van der Waals surface area contributed by atoms with Gasteiger partial charge in [-0.25, -0.2) is 0 Å². The number of hydrogen-bond acceptors (Lipinski definition) is 1. The molecule has 0 atom stereocenters. The van der Waals surface area contributed by atoms with Crippen LogP contribution in [0.5, 0.6) is 5.75 Å². The first kappa shape index (κ1) is 7.86. The number of phenolic OH excluding ortho intramolecular Hbond substituents is 1. The molecular formula is C10H6IO. The average Bonchev–Trinajstić information content (AvgIpc) is 2.04. The molecule has 2 aromatic carbocycles. The zero-order valence-corrected chi connectivity index (χ0v) is 8.37. The molecule has 1 N–H and O–H groups in total. The van der Waals surface area contributed by atoms with Gasteiger partial charge in [-0.2, -0.15) is 0 Å². The lowest BCUT2D eigenvalue weighted by molar-refractivity contribution is 0.476. The quantitative estimate of drug-likeness (QED) is 0.729. The van der Waals surface area contributed by atoms with Crippen LogP contribution in [0, 0.1) is 9.64 Å². The van der Waals surface area contributed by atoms with E-state index in [1.165, 1.54) is 0 Å². The van der Waals surface area contributed by atoms with Crippen molar-refractivity contribution in [3.63, 3.8) is 0 Å². The van der Waals surface area contributed by atoms with Crippen LogP contribution in [0.1, 0.15) is 0 Å². The Hall–Kier alpha value is -0.770. The number of rotatable bonds is 0. The monoisotopic (exact) mass is 269 g/mol. The maximum atomic E-state index is 9.19. The smallest absolute Gasteiger partial charge is 0.116 e. The van der Waals surface area contributed by atoms with Crippen molar-refractivity contribution in [2.24, 2.45) is 0 Å². The Bertz CT molecular complexity index is 423. The first-order chi connectivity index (χ1) is 5.77. The van der Waals surface area contributed by atoms with E-state index in [1.807, 2.05) is 18.2 Å². The molecule has 59 valence electrons. The molecule has 2 heteroatoms. The average molecular weight is 269 g/mol. The minimum atomic E-state index is 0.268. The maximum Gasteiger partial charge on any atom is 0.116 e. The molecule has 0 heterocycles. The number of benzene rings is 2. The van der Waals surface area contributed by atoms with Gasteiger partial charge in [-0.05, 0) is 52.2 Å². The summed E-state index contributed by atoms with van der Waals surface area (Å²) >= 11 is 2.26. The zero-order chi connectivity index (χ0) is 8.55. The first-order valence-corrected chi connectivity index (χ1v) is 4.64. The molecule has 0 aliphatic rings. The summed E-state index contributed by atoms with van der Waals surface area (Å²) in [7, 11) is 0. The molecule has 0 bridgehead atoms. The van der Waals surface area contributed by atoms with Gasteiger partial charge >= 0.3 is 0 Å². The Morgan fingerprint density at radius 1 is 1.33 bits per heavy atom. The van der Waals surface area contributed by atoms with E-state index in [1.54, 1.807) is 12.1 Å². The van der Waals surface area contributed by atoms with Gasteiger partial charge in [0.05, 0.1) is 0 Å². The Morgan fingerprint density at radius 3 is 3.00 bits per heavy atom. The number of aromatic hydroxyl groups is 1. The highest BCUT2D eigenvalue weighted by molar-refractivity contribution is 14.1. The number of fused-ring (bicyclic) bond motifs is 1. The lowest BCUT2D eigenvalue weighted by Gasteiger charge is -1.99. The molecule has 0 aromatic heterocycles.